The molecule has 20 rings (SSSR count). The summed E-state index contributed by atoms with van der Waals surface area (Å²) in [6.45, 7) is 10.5. The number of fused-ring (bicyclic) bond motifs is 21. The van der Waals surface area contributed by atoms with Crippen molar-refractivity contribution in [1.82, 2.24) is 46.0 Å². The third-order valence-corrected chi connectivity index (χ3v) is 21.3. The van der Waals surface area contributed by atoms with E-state index in [0.29, 0.717) is 0 Å². The zero-order valence-corrected chi connectivity index (χ0v) is 62.4. The summed E-state index contributed by atoms with van der Waals surface area (Å²) in [5.74, 6) is 10.5. The fourth-order valence-corrected chi connectivity index (χ4v) is 16.2. The molecule has 0 aliphatic carbocycles. The lowest BCUT2D eigenvalue weighted by atomic mass is 9.88. The largest absolute Gasteiger partial charge is 0.496 e. The monoisotopic (exact) mass is 1410 g/mol. The van der Waals surface area contributed by atoms with E-state index in [1.54, 1.807) is 35.5 Å². The lowest BCUT2D eigenvalue weighted by Gasteiger charge is -2.24. The molecule has 4 aliphatic heterocycles. The highest BCUT2D eigenvalue weighted by atomic mass is 16.5. The van der Waals surface area contributed by atoms with Crippen molar-refractivity contribution in [2.24, 2.45) is 21.1 Å². The lowest BCUT2D eigenvalue weighted by molar-refractivity contribution is -0.647. The number of hydrogen-bond donors (Lipinski definition) is 0. The molecule has 12 heterocycles. The Balaban J connectivity index is 0.000000102. The predicted octanol–water partition coefficient (Wildman–Crippen LogP) is 13.6. The summed E-state index contributed by atoms with van der Waals surface area (Å²) in [5, 5.41) is 0. The van der Waals surface area contributed by atoms with Crippen LogP contribution in [-0.4, -0.2) is 116 Å². The minimum atomic E-state index is 0.181. The van der Waals surface area contributed by atoms with Crippen LogP contribution in [0.3, 0.4) is 0 Å². The van der Waals surface area contributed by atoms with Crippen molar-refractivity contribution >= 4 is 61.9 Å². The molecule has 106 heavy (non-hydrogen) atoms. The number of benzene rings is 8. The van der Waals surface area contributed by atoms with Crippen LogP contribution < -0.4 is 37.4 Å². The number of aryl methyl sites for hydroxylation is 3. The highest BCUT2D eigenvalue weighted by Gasteiger charge is 2.43. The van der Waals surface area contributed by atoms with Gasteiger partial charge in [0, 0.05) is 52.4 Å². The molecule has 8 aromatic heterocycles. The van der Waals surface area contributed by atoms with Gasteiger partial charge < -0.3 is 28.3 Å². The van der Waals surface area contributed by atoms with Crippen LogP contribution in [0.4, 0.5) is 0 Å². The van der Waals surface area contributed by atoms with E-state index in [9.17, 15) is 0 Å². The SMILES string of the molecule is COc1ccc2c(c1C)C1=[N+](C)C=CC1c1nc3ccccc3n1-2.COc1ccc2c(c1C)C1=[N+](C)C=CC1c1nccn1-2.COc1cccc(-n2c3ccccc3n3cc[n+](C)c23)c1C.COc1cccc(-n2ccn3c4ccccc4[n+](C)c23)c1C.COc1cccc(-n2ccn3cc[n+](C)c23)c1C. The smallest absolute Gasteiger partial charge is 0.374 e. The second-order valence-electron chi connectivity index (χ2n) is 27.0. The number of nitrogens with zero attached hydrogens (tertiary/aromatic N) is 15. The third kappa shape index (κ3) is 10.7. The van der Waals surface area contributed by atoms with Gasteiger partial charge in [-0.3, -0.25) is 4.57 Å². The number of imidazole rings is 8. The number of allylic oxidation sites excluding steroid dienone is 2. The summed E-state index contributed by atoms with van der Waals surface area (Å²) in [6, 6.07) is 52.0. The molecule has 0 saturated carbocycles. The van der Waals surface area contributed by atoms with E-state index in [2.05, 4.69) is 285 Å². The number of hydrogen-bond acceptors (Lipinski definition) is 7. The molecule has 4 aliphatic rings. The van der Waals surface area contributed by atoms with Gasteiger partial charge in [0.05, 0.1) is 103 Å². The first-order chi connectivity index (χ1) is 51.6. The van der Waals surface area contributed by atoms with Crippen LogP contribution in [-0.2, 0) is 21.1 Å². The van der Waals surface area contributed by atoms with Crippen molar-refractivity contribution in [2.45, 2.75) is 46.5 Å². The molecule has 0 bridgehead atoms. The maximum Gasteiger partial charge on any atom is 0.374 e. The van der Waals surface area contributed by atoms with Crippen LogP contribution in [0.1, 0.15) is 62.4 Å². The molecule has 0 amide bonds. The minimum Gasteiger partial charge on any atom is -0.496 e. The summed E-state index contributed by atoms with van der Waals surface area (Å²) in [6.07, 6.45) is 29.2. The van der Waals surface area contributed by atoms with Crippen molar-refractivity contribution in [1.29, 1.82) is 0 Å². The molecule has 0 spiro atoms. The summed E-state index contributed by atoms with van der Waals surface area (Å²) in [4.78, 5) is 9.47. The first kappa shape index (κ1) is 67.5. The summed E-state index contributed by atoms with van der Waals surface area (Å²) in [5.41, 5.74) is 23.6. The van der Waals surface area contributed by atoms with Gasteiger partial charge in [0.1, 0.15) is 143 Å². The Hall–Kier alpha value is -13.0. The molecule has 530 valence electrons. The molecule has 20 heteroatoms. The Bertz CT molecular complexity index is 6310. The molecule has 20 nitrogen and oxygen atoms in total. The highest BCUT2D eigenvalue weighted by molar-refractivity contribution is 6.11. The summed E-state index contributed by atoms with van der Waals surface area (Å²) < 4.78 is 55.9. The summed E-state index contributed by atoms with van der Waals surface area (Å²) in [7, 11) is 19.0. The van der Waals surface area contributed by atoms with E-state index in [1.165, 1.54) is 67.1 Å². The molecule has 8 aromatic carbocycles. The van der Waals surface area contributed by atoms with Crippen LogP contribution in [0.2, 0.25) is 0 Å². The maximum atomic E-state index is 5.57. The molecule has 0 saturated heterocycles. The normalized spacial score (nSPS) is 14.2. The standard InChI is InChI=1S/C20H18N3O.2C18H18N3O.C16H16N3O.C14H16N3O/c1-12-17(24-3)9-8-16-18(12)19-13(10-11-22(19)2)20-21-14-6-4-5-7-15(14)23(16)20;1-13-14(9-6-10-17(13)22-3)20-11-12-21-16-8-5-4-7-15(16)19(2)18(20)21;1-13-14(9-6-10-17(13)22-3)21-16-8-5-4-7-15(16)20-12-11-19(2)18(20)21;1-10-13(20-3)5-4-12-14(10)15-11(6-8-18(15)2)16-17-7-9-19(12)16;1-11-12(5-4-6-13(11)18-3)17-10-9-16-8-7-15(2)14(16)17/h4-11,13H,1-3H3;2*4-12H,1-3H3;4-9,11H,1-3H3;4-10H,1-3H3/q5*+1. The van der Waals surface area contributed by atoms with E-state index >= 15 is 0 Å². The van der Waals surface area contributed by atoms with Crippen LogP contribution >= 0.6 is 0 Å². The van der Waals surface area contributed by atoms with E-state index in [0.717, 1.165) is 103 Å². The number of rotatable bonds is 8. The van der Waals surface area contributed by atoms with Crippen molar-refractivity contribution in [3.63, 3.8) is 0 Å². The molecule has 0 radical (unpaired) electrons. The molecular formula is C86H86N15O5+5. The zero-order chi connectivity index (χ0) is 73.5. The number of ether oxygens (including phenoxy) is 5. The highest BCUT2D eigenvalue weighted by Crippen LogP contribution is 2.43. The van der Waals surface area contributed by atoms with Crippen LogP contribution in [0.25, 0.3) is 78.9 Å². The maximum absolute atomic E-state index is 5.57. The van der Waals surface area contributed by atoms with Crippen LogP contribution in [0.15, 0.2) is 238 Å². The molecule has 0 N–H and O–H groups in total. The van der Waals surface area contributed by atoms with Gasteiger partial charge in [0.25, 0.3) is 0 Å². The van der Waals surface area contributed by atoms with E-state index in [1.807, 2.05) is 86.6 Å². The average molecular weight is 1410 g/mol. The van der Waals surface area contributed by atoms with Crippen LogP contribution in [0.5, 0.6) is 28.7 Å². The van der Waals surface area contributed by atoms with Gasteiger partial charge in [-0.2, -0.15) is 13.4 Å². The Morgan fingerprint density at radius 2 is 0.858 bits per heavy atom. The molecule has 16 aromatic rings. The Morgan fingerprint density at radius 1 is 0.368 bits per heavy atom. The van der Waals surface area contributed by atoms with Gasteiger partial charge in [-0.25, -0.2) is 46.4 Å². The number of para-hydroxylation sites is 6. The van der Waals surface area contributed by atoms with E-state index in [-0.39, 0.29) is 11.8 Å². The fourth-order valence-electron chi connectivity index (χ4n) is 16.2. The summed E-state index contributed by atoms with van der Waals surface area (Å²) >= 11 is 0. The predicted molar refractivity (Wildman–Crippen MR) is 414 cm³/mol. The quantitative estimate of drug-likeness (QED) is 0.139. The Morgan fingerprint density at radius 3 is 1.49 bits per heavy atom. The van der Waals surface area contributed by atoms with Gasteiger partial charge >= 0.3 is 17.3 Å². The van der Waals surface area contributed by atoms with Gasteiger partial charge in [0.2, 0.25) is 11.4 Å². The first-order valence-electron chi connectivity index (χ1n) is 35.4. The van der Waals surface area contributed by atoms with Gasteiger partial charge in [0.15, 0.2) is 12.4 Å². The molecular weight excluding hydrogens is 1320 g/mol. The molecule has 0 fully saturated rings. The first-order valence-corrected chi connectivity index (χ1v) is 35.4. The van der Waals surface area contributed by atoms with Crippen molar-refractivity contribution in [3.8, 4) is 57.2 Å². The van der Waals surface area contributed by atoms with Crippen molar-refractivity contribution < 1.29 is 46.5 Å². The van der Waals surface area contributed by atoms with E-state index < -0.39 is 0 Å². The van der Waals surface area contributed by atoms with Gasteiger partial charge in [-0.1, -0.05) is 54.6 Å². The second-order valence-corrected chi connectivity index (χ2v) is 27.0. The average Bonchev–Trinajstić information content (AvgIpc) is 1.61. The van der Waals surface area contributed by atoms with Crippen molar-refractivity contribution in [2.75, 3.05) is 49.6 Å². The second kappa shape index (κ2) is 27.0. The third-order valence-electron chi connectivity index (χ3n) is 21.3. The van der Waals surface area contributed by atoms with Gasteiger partial charge in [-0.05, 0) is 132 Å². The number of methoxy groups -OCH3 is 5. The minimum absolute atomic E-state index is 0.181. The van der Waals surface area contributed by atoms with E-state index in [4.69, 9.17) is 28.7 Å². The Kier molecular flexibility index (Phi) is 17.2. The molecule has 2 unspecified atom stereocenters. The van der Waals surface area contributed by atoms with Crippen LogP contribution in [0, 0.1) is 34.6 Å². The zero-order valence-electron chi connectivity index (χ0n) is 62.4. The molecule has 2 atom stereocenters. The Labute approximate surface area is 614 Å². The fraction of sp³-hybridized carbons (Fsp3) is 0.198. The van der Waals surface area contributed by atoms with Crippen molar-refractivity contribution in [3.05, 3.63) is 289 Å². The topological polar surface area (TPSA) is 127 Å². The van der Waals surface area contributed by atoms with Gasteiger partial charge in [-0.15, -0.1) is 0 Å². The lowest BCUT2D eigenvalue weighted by Crippen LogP contribution is -2.29. The number of aromatic nitrogens is 13.